The molecule has 7 heteroatoms. The van der Waals surface area contributed by atoms with Gasteiger partial charge in [0.1, 0.15) is 17.5 Å². The molecular formula is C21H28N6O. The number of pyridine rings is 1. The predicted octanol–water partition coefficient (Wildman–Crippen LogP) is 3.06. The number of amides is 1. The Labute approximate surface area is 166 Å². The summed E-state index contributed by atoms with van der Waals surface area (Å²) in [6, 6.07) is 5.91. The molecule has 28 heavy (non-hydrogen) atoms. The standard InChI is InChI=1S/C21H28N6O/c1-21(2,3)20(28)24-17-7-6-16(14-23-17)26-10-12-27(13-11-26)18-8-9-22-19(25-18)15-4-5-15/h6-9,14-15H,4-5,10-13H2,1-3H3,(H,23,24,28). The first-order valence-corrected chi connectivity index (χ1v) is 10.0. The number of rotatable bonds is 4. The first-order chi connectivity index (χ1) is 13.4. The molecule has 0 spiro atoms. The number of anilines is 3. The minimum Gasteiger partial charge on any atom is -0.367 e. The average molecular weight is 380 g/mol. The smallest absolute Gasteiger partial charge is 0.230 e. The zero-order valence-electron chi connectivity index (χ0n) is 16.9. The van der Waals surface area contributed by atoms with Crippen LogP contribution >= 0.6 is 0 Å². The van der Waals surface area contributed by atoms with E-state index in [-0.39, 0.29) is 5.91 Å². The molecule has 0 unspecified atom stereocenters. The minimum absolute atomic E-state index is 0.0308. The Kier molecular flexibility index (Phi) is 4.91. The Balaban J connectivity index is 1.35. The molecule has 0 aromatic carbocycles. The van der Waals surface area contributed by atoms with E-state index in [9.17, 15) is 4.79 Å². The summed E-state index contributed by atoms with van der Waals surface area (Å²) in [5.41, 5.74) is 0.645. The van der Waals surface area contributed by atoms with Gasteiger partial charge in [0.05, 0.1) is 11.9 Å². The van der Waals surface area contributed by atoms with Crippen LogP contribution in [-0.4, -0.2) is 47.0 Å². The fourth-order valence-corrected chi connectivity index (χ4v) is 3.22. The molecule has 1 aliphatic heterocycles. The molecule has 2 fully saturated rings. The van der Waals surface area contributed by atoms with Gasteiger partial charge in [0.25, 0.3) is 0 Å². The van der Waals surface area contributed by atoms with Crippen molar-refractivity contribution in [3.05, 3.63) is 36.4 Å². The molecule has 2 aromatic rings. The molecule has 0 atom stereocenters. The van der Waals surface area contributed by atoms with Crippen LogP contribution in [0.3, 0.4) is 0 Å². The number of hydrogen-bond donors (Lipinski definition) is 1. The lowest BCUT2D eigenvalue weighted by Gasteiger charge is -2.36. The third kappa shape index (κ3) is 4.24. The lowest BCUT2D eigenvalue weighted by Crippen LogP contribution is -2.47. The van der Waals surface area contributed by atoms with Crippen molar-refractivity contribution in [2.75, 3.05) is 41.3 Å². The number of piperazine rings is 1. The van der Waals surface area contributed by atoms with Crippen LogP contribution in [0, 0.1) is 5.41 Å². The van der Waals surface area contributed by atoms with Crippen LogP contribution in [0.15, 0.2) is 30.6 Å². The summed E-state index contributed by atoms with van der Waals surface area (Å²) in [5.74, 6) is 3.17. The van der Waals surface area contributed by atoms with E-state index in [1.54, 1.807) is 0 Å². The van der Waals surface area contributed by atoms with Gasteiger partial charge in [0, 0.05) is 43.7 Å². The van der Waals surface area contributed by atoms with Crippen LogP contribution in [0.2, 0.25) is 0 Å². The predicted molar refractivity (Wildman–Crippen MR) is 111 cm³/mol. The molecule has 1 amide bonds. The first kappa shape index (κ1) is 18.7. The van der Waals surface area contributed by atoms with E-state index in [4.69, 9.17) is 4.98 Å². The lowest BCUT2D eigenvalue weighted by atomic mass is 9.96. The Bertz CT molecular complexity index is 833. The Hall–Kier alpha value is -2.70. The number of hydrogen-bond acceptors (Lipinski definition) is 6. The van der Waals surface area contributed by atoms with Crippen molar-refractivity contribution in [2.45, 2.75) is 39.5 Å². The van der Waals surface area contributed by atoms with E-state index < -0.39 is 5.41 Å². The summed E-state index contributed by atoms with van der Waals surface area (Å²) in [6.45, 7) is 9.34. The van der Waals surface area contributed by atoms with Crippen molar-refractivity contribution < 1.29 is 4.79 Å². The monoisotopic (exact) mass is 380 g/mol. The van der Waals surface area contributed by atoms with Crippen LogP contribution < -0.4 is 15.1 Å². The maximum Gasteiger partial charge on any atom is 0.230 e. The number of aromatic nitrogens is 3. The summed E-state index contributed by atoms with van der Waals surface area (Å²) >= 11 is 0. The molecule has 0 bridgehead atoms. The second kappa shape index (κ2) is 7.37. The molecule has 148 valence electrons. The van der Waals surface area contributed by atoms with E-state index in [2.05, 4.69) is 25.1 Å². The van der Waals surface area contributed by atoms with E-state index >= 15 is 0 Å². The van der Waals surface area contributed by atoms with Crippen molar-refractivity contribution in [1.82, 2.24) is 15.0 Å². The van der Waals surface area contributed by atoms with Gasteiger partial charge in [-0.1, -0.05) is 20.8 Å². The third-order valence-electron chi connectivity index (χ3n) is 5.24. The summed E-state index contributed by atoms with van der Waals surface area (Å²) in [7, 11) is 0. The number of carbonyl (C=O) groups is 1. The second-order valence-corrected chi connectivity index (χ2v) is 8.63. The SMILES string of the molecule is CC(C)(C)C(=O)Nc1ccc(N2CCN(c3ccnc(C4CC4)n3)CC2)cn1. The molecule has 2 aliphatic rings. The number of carbonyl (C=O) groups excluding carboxylic acids is 1. The molecule has 1 aliphatic carbocycles. The maximum atomic E-state index is 12.1. The highest BCUT2D eigenvalue weighted by atomic mass is 16.2. The van der Waals surface area contributed by atoms with Gasteiger partial charge in [0.15, 0.2) is 0 Å². The molecule has 1 N–H and O–H groups in total. The van der Waals surface area contributed by atoms with Crippen molar-refractivity contribution >= 4 is 23.2 Å². The third-order valence-corrected chi connectivity index (χ3v) is 5.24. The van der Waals surface area contributed by atoms with E-state index in [0.717, 1.165) is 43.5 Å². The molecule has 1 saturated heterocycles. The second-order valence-electron chi connectivity index (χ2n) is 8.63. The highest BCUT2D eigenvalue weighted by molar-refractivity contribution is 5.93. The largest absolute Gasteiger partial charge is 0.367 e. The van der Waals surface area contributed by atoms with Crippen LogP contribution in [-0.2, 0) is 4.79 Å². The highest BCUT2D eigenvalue weighted by Gasteiger charge is 2.27. The van der Waals surface area contributed by atoms with Gasteiger partial charge >= 0.3 is 0 Å². The van der Waals surface area contributed by atoms with Crippen molar-refractivity contribution in [2.24, 2.45) is 5.41 Å². The van der Waals surface area contributed by atoms with Gasteiger partial charge in [-0.25, -0.2) is 15.0 Å². The maximum absolute atomic E-state index is 12.1. The van der Waals surface area contributed by atoms with Gasteiger partial charge in [-0.3, -0.25) is 4.79 Å². The Morgan fingerprint density at radius 2 is 1.75 bits per heavy atom. The van der Waals surface area contributed by atoms with Crippen LogP contribution in [0.4, 0.5) is 17.3 Å². The Morgan fingerprint density at radius 3 is 2.36 bits per heavy atom. The quantitative estimate of drug-likeness (QED) is 0.879. The van der Waals surface area contributed by atoms with E-state index in [1.165, 1.54) is 12.8 Å². The molecule has 7 nitrogen and oxygen atoms in total. The van der Waals surface area contributed by atoms with Crippen LogP contribution in [0.1, 0.15) is 45.4 Å². The Morgan fingerprint density at radius 1 is 1.04 bits per heavy atom. The van der Waals surface area contributed by atoms with Gasteiger partial charge in [-0.15, -0.1) is 0 Å². The summed E-state index contributed by atoms with van der Waals surface area (Å²) in [4.78, 5) is 30.3. The zero-order chi connectivity index (χ0) is 19.7. The molecule has 3 heterocycles. The van der Waals surface area contributed by atoms with Crippen molar-refractivity contribution in [3.63, 3.8) is 0 Å². The minimum atomic E-state index is -0.433. The fourth-order valence-electron chi connectivity index (χ4n) is 3.22. The van der Waals surface area contributed by atoms with E-state index in [0.29, 0.717) is 11.7 Å². The van der Waals surface area contributed by atoms with Gasteiger partial charge in [-0.2, -0.15) is 0 Å². The summed E-state index contributed by atoms with van der Waals surface area (Å²) in [6.07, 6.45) is 6.16. The summed E-state index contributed by atoms with van der Waals surface area (Å²) < 4.78 is 0. The first-order valence-electron chi connectivity index (χ1n) is 10.0. The molecule has 2 aromatic heterocycles. The van der Waals surface area contributed by atoms with Crippen molar-refractivity contribution in [1.29, 1.82) is 0 Å². The number of nitrogens with one attached hydrogen (secondary N) is 1. The van der Waals surface area contributed by atoms with Gasteiger partial charge < -0.3 is 15.1 Å². The fraction of sp³-hybridized carbons (Fsp3) is 0.524. The molecular weight excluding hydrogens is 352 g/mol. The van der Waals surface area contributed by atoms with Crippen LogP contribution in [0.5, 0.6) is 0 Å². The van der Waals surface area contributed by atoms with E-state index in [1.807, 2.05) is 51.4 Å². The highest BCUT2D eigenvalue weighted by Crippen LogP contribution is 2.38. The topological polar surface area (TPSA) is 74.2 Å². The van der Waals surface area contributed by atoms with Gasteiger partial charge in [-0.05, 0) is 31.0 Å². The zero-order valence-corrected chi connectivity index (χ0v) is 16.9. The molecule has 0 radical (unpaired) electrons. The number of nitrogens with zero attached hydrogens (tertiary/aromatic N) is 5. The van der Waals surface area contributed by atoms with Crippen molar-refractivity contribution in [3.8, 4) is 0 Å². The summed E-state index contributed by atoms with van der Waals surface area (Å²) in [5, 5.41) is 2.87. The molecule has 1 saturated carbocycles. The normalized spacial score (nSPS) is 17.5. The lowest BCUT2D eigenvalue weighted by molar-refractivity contribution is -0.123. The van der Waals surface area contributed by atoms with Gasteiger partial charge in [0.2, 0.25) is 5.91 Å². The molecule has 4 rings (SSSR count). The van der Waals surface area contributed by atoms with Crippen LogP contribution in [0.25, 0.3) is 0 Å². The average Bonchev–Trinajstić information content (AvgIpc) is 3.53.